The second kappa shape index (κ2) is 12.3. The van der Waals surface area contributed by atoms with Crippen LogP contribution in [0.2, 0.25) is 0 Å². The van der Waals surface area contributed by atoms with Crippen LogP contribution in [0.4, 0.5) is 16.2 Å². The van der Waals surface area contributed by atoms with Gasteiger partial charge in [-0.1, -0.05) is 6.07 Å². The van der Waals surface area contributed by atoms with Gasteiger partial charge in [0.25, 0.3) is 10.0 Å². The minimum absolute atomic E-state index is 0.0486. The number of hydrogen-bond donors (Lipinski definition) is 2. The lowest BCUT2D eigenvalue weighted by Crippen LogP contribution is -2.43. The SMILES string of the molecule is CCOc1ccc(S(=O)(=O)Nc2cncc(-c3ccc4ncc(-c5cnn(C)c5)nc4c3)c2)cc1NC(=O)N1CCOCC1. The molecule has 2 aromatic carbocycles. The Morgan fingerprint density at radius 1 is 0.977 bits per heavy atom. The van der Waals surface area contributed by atoms with Crippen molar-refractivity contribution < 1.29 is 22.7 Å². The lowest BCUT2D eigenvalue weighted by Gasteiger charge is -2.27. The Morgan fingerprint density at radius 2 is 1.82 bits per heavy atom. The van der Waals surface area contributed by atoms with Crippen molar-refractivity contribution in [2.75, 3.05) is 42.9 Å². The van der Waals surface area contributed by atoms with E-state index in [9.17, 15) is 13.2 Å². The molecule has 5 aromatic rings. The molecule has 13 nitrogen and oxygen atoms in total. The van der Waals surface area contributed by atoms with Gasteiger partial charge in [-0.05, 0) is 48.9 Å². The number of amides is 2. The van der Waals surface area contributed by atoms with E-state index in [1.54, 1.807) is 34.2 Å². The number of carbonyl (C=O) groups is 1. The van der Waals surface area contributed by atoms with Crippen molar-refractivity contribution in [3.63, 3.8) is 0 Å². The molecule has 226 valence electrons. The van der Waals surface area contributed by atoms with Crippen LogP contribution in [0.1, 0.15) is 6.92 Å². The summed E-state index contributed by atoms with van der Waals surface area (Å²) in [6.07, 6.45) is 8.37. The molecule has 0 spiro atoms. The van der Waals surface area contributed by atoms with Gasteiger partial charge in [0.2, 0.25) is 0 Å². The van der Waals surface area contributed by atoms with E-state index in [1.807, 2.05) is 38.4 Å². The van der Waals surface area contributed by atoms with Gasteiger partial charge in [0, 0.05) is 43.7 Å². The third kappa shape index (κ3) is 6.31. The fraction of sp³-hybridized carbons (Fsp3) is 0.233. The fourth-order valence-corrected chi connectivity index (χ4v) is 5.83. The Balaban J connectivity index is 1.25. The standard InChI is InChI=1S/C30H30N8O5S/c1-3-43-29-7-5-24(14-27(29)35-30(39)38-8-10-42-11-9-38)44(40,41)36-23-12-21(15-31-17-23)20-4-6-25-26(13-20)34-28(18-32-25)22-16-33-37(2)19-22/h4-7,12-19,36H,3,8-11H2,1-2H3,(H,35,39). The average molecular weight is 615 g/mol. The third-order valence-corrected chi connectivity index (χ3v) is 8.35. The summed E-state index contributed by atoms with van der Waals surface area (Å²) in [7, 11) is -2.22. The molecule has 1 saturated heterocycles. The summed E-state index contributed by atoms with van der Waals surface area (Å²) in [4.78, 5) is 27.9. The summed E-state index contributed by atoms with van der Waals surface area (Å²) in [6.45, 7) is 3.91. The number of hydrogen-bond acceptors (Lipinski definition) is 9. The van der Waals surface area contributed by atoms with Gasteiger partial charge >= 0.3 is 6.03 Å². The number of morpholine rings is 1. The van der Waals surface area contributed by atoms with Crippen LogP contribution in [0, 0.1) is 0 Å². The first kappa shape index (κ1) is 29.0. The number of rotatable bonds is 8. The third-order valence-electron chi connectivity index (χ3n) is 6.97. The second-order valence-corrected chi connectivity index (χ2v) is 11.7. The lowest BCUT2D eigenvalue weighted by molar-refractivity contribution is 0.0564. The molecule has 0 saturated carbocycles. The molecule has 0 bridgehead atoms. The number of carbonyl (C=O) groups excluding carboxylic acids is 1. The molecule has 0 radical (unpaired) electrons. The first-order valence-corrected chi connectivity index (χ1v) is 15.4. The maximum absolute atomic E-state index is 13.5. The van der Waals surface area contributed by atoms with Crippen molar-refractivity contribution >= 4 is 38.5 Å². The van der Waals surface area contributed by atoms with Crippen molar-refractivity contribution in [1.29, 1.82) is 0 Å². The average Bonchev–Trinajstić information content (AvgIpc) is 3.48. The Labute approximate surface area is 253 Å². The molecule has 1 aliphatic rings. The van der Waals surface area contributed by atoms with Gasteiger partial charge in [-0.15, -0.1) is 0 Å². The number of urea groups is 1. The lowest BCUT2D eigenvalue weighted by atomic mass is 10.1. The van der Waals surface area contributed by atoms with E-state index >= 15 is 0 Å². The summed E-state index contributed by atoms with van der Waals surface area (Å²) < 4.78 is 42.2. The van der Waals surface area contributed by atoms with E-state index in [1.165, 1.54) is 24.4 Å². The number of fused-ring (bicyclic) bond motifs is 1. The van der Waals surface area contributed by atoms with Gasteiger partial charge in [0.05, 0.1) is 71.4 Å². The molecule has 44 heavy (non-hydrogen) atoms. The molecule has 1 fully saturated rings. The van der Waals surface area contributed by atoms with E-state index in [2.05, 4.69) is 25.1 Å². The molecular weight excluding hydrogens is 584 g/mol. The largest absolute Gasteiger partial charge is 0.492 e. The van der Waals surface area contributed by atoms with Crippen molar-refractivity contribution in [3.8, 4) is 28.1 Å². The van der Waals surface area contributed by atoms with Gasteiger partial charge in [-0.3, -0.25) is 19.4 Å². The Bertz CT molecular complexity index is 1940. The zero-order chi connectivity index (χ0) is 30.7. The molecule has 14 heteroatoms. The molecule has 3 aromatic heterocycles. The van der Waals surface area contributed by atoms with Crippen LogP contribution in [0.25, 0.3) is 33.4 Å². The summed E-state index contributed by atoms with van der Waals surface area (Å²) in [5.74, 6) is 0.364. The van der Waals surface area contributed by atoms with Gasteiger partial charge in [-0.25, -0.2) is 18.2 Å². The first-order valence-electron chi connectivity index (χ1n) is 13.9. The highest BCUT2D eigenvalue weighted by Crippen LogP contribution is 2.31. The van der Waals surface area contributed by atoms with Crippen molar-refractivity contribution in [2.24, 2.45) is 7.05 Å². The normalized spacial score (nSPS) is 13.5. The van der Waals surface area contributed by atoms with E-state index in [0.29, 0.717) is 55.4 Å². The summed E-state index contributed by atoms with van der Waals surface area (Å²) in [5.41, 5.74) is 4.94. The number of nitrogens with zero attached hydrogens (tertiary/aromatic N) is 6. The maximum Gasteiger partial charge on any atom is 0.322 e. The molecule has 4 heterocycles. The topological polar surface area (TPSA) is 153 Å². The number of aryl methyl sites for hydroxylation is 1. The van der Waals surface area contributed by atoms with Gasteiger partial charge in [-0.2, -0.15) is 5.10 Å². The van der Waals surface area contributed by atoms with E-state index in [-0.39, 0.29) is 22.3 Å². The number of benzene rings is 2. The summed E-state index contributed by atoms with van der Waals surface area (Å²) >= 11 is 0. The zero-order valence-corrected chi connectivity index (χ0v) is 24.9. The van der Waals surface area contributed by atoms with Crippen LogP contribution < -0.4 is 14.8 Å². The Kier molecular flexibility index (Phi) is 8.09. The minimum atomic E-state index is -4.06. The van der Waals surface area contributed by atoms with Crippen LogP contribution in [0.3, 0.4) is 0 Å². The molecule has 6 rings (SSSR count). The van der Waals surface area contributed by atoms with Crippen molar-refractivity contribution in [2.45, 2.75) is 11.8 Å². The molecule has 0 atom stereocenters. The number of pyridine rings is 1. The molecule has 2 N–H and O–H groups in total. The van der Waals surface area contributed by atoms with Gasteiger partial charge in [0.15, 0.2) is 0 Å². The minimum Gasteiger partial charge on any atom is -0.492 e. The van der Waals surface area contributed by atoms with E-state index in [0.717, 1.165) is 16.6 Å². The van der Waals surface area contributed by atoms with Crippen LogP contribution in [0.5, 0.6) is 5.75 Å². The number of sulfonamides is 1. The zero-order valence-electron chi connectivity index (χ0n) is 24.1. The monoisotopic (exact) mass is 614 g/mol. The van der Waals surface area contributed by atoms with Crippen molar-refractivity contribution in [1.82, 2.24) is 29.6 Å². The van der Waals surface area contributed by atoms with Crippen LogP contribution >= 0.6 is 0 Å². The Hall–Kier alpha value is -5.08. The van der Waals surface area contributed by atoms with E-state index in [4.69, 9.17) is 14.5 Å². The number of ether oxygens (including phenoxy) is 2. The van der Waals surface area contributed by atoms with Gasteiger partial charge < -0.3 is 19.7 Å². The molecule has 0 aliphatic carbocycles. The number of aromatic nitrogens is 5. The highest BCUT2D eigenvalue weighted by Gasteiger charge is 2.22. The van der Waals surface area contributed by atoms with Crippen LogP contribution in [-0.2, 0) is 21.8 Å². The molecule has 1 aliphatic heterocycles. The van der Waals surface area contributed by atoms with Crippen LogP contribution in [-0.4, -0.2) is 77.0 Å². The molecular formula is C30H30N8O5S. The highest BCUT2D eigenvalue weighted by atomic mass is 32.2. The molecule has 0 unspecified atom stereocenters. The molecule has 2 amide bonds. The summed E-state index contributed by atoms with van der Waals surface area (Å²) in [5, 5.41) is 6.99. The quantitative estimate of drug-likeness (QED) is 0.262. The predicted molar refractivity (Wildman–Crippen MR) is 165 cm³/mol. The predicted octanol–water partition coefficient (Wildman–Crippen LogP) is 4.16. The number of anilines is 2. The first-order chi connectivity index (χ1) is 21.3. The second-order valence-electron chi connectivity index (χ2n) is 10.0. The smallest absolute Gasteiger partial charge is 0.322 e. The maximum atomic E-state index is 13.5. The summed E-state index contributed by atoms with van der Waals surface area (Å²) in [6, 6.07) is 11.3. The fourth-order valence-electron chi connectivity index (χ4n) is 4.77. The number of nitrogens with one attached hydrogen (secondary N) is 2. The van der Waals surface area contributed by atoms with Crippen molar-refractivity contribution in [3.05, 3.63) is 73.4 Å². The van der Waals surface area contributed by atoms with E-state index < -0.39 is 10.0 Å². The highest BCUT2D eigenvalue weighted by molar-refractivity contribution is 7.92. The Morgan fingerprint density at radius 3 is 2.59 bits per heavy atom. The van der Waals surface area contributed by atoms with Gasteiger partial charge in [0.1, 0.15) is 5.75 Å². The van der Waals surface area contributed by atoms with Crippen LogP contribution in [0.15, 0.2) is 78.3 Å².